The van der Waals surface area contributed by atoms with Crippen LogP contribution in [0.4, 0.5) is 0 Å². The molecule has 0 saturated carbocycles. The van der Waals surface area contributed by atoms with Crippen LogP contribution in [0.15, 0.2) is 43.0 Å². The first-order valence-electron chi connectivity index (χ1n) is 4.02. The van der Waals surface area contributed by atoms with Crippen LogP contribution < -0.4 is 4.74 Å². The number of para-hydroxylation sites is 1. The van der Waals surface area contributed by atoms with Crippen molar-refractivity contribution in [2.24, 2.45) is 0 Å². The fraction of sp³-hybridized carbons (Fsp3) is 0.273. The van der Waals surface area contributed by atoms with E-state index in [1.54, 1.807) is 6.08 Å². The van der Waals surface area contributed by atoms with Crippen molar-refractivity contribution in [3.8, 4) is 5.75 Å². The summed E-state index contributed by atoms with van der Waals surface area (Å²) in [4.78, 5) is 0. The van der Waals surface area contributed by atoms with Crippen LogP contribution >= 0.6 is 0 Å². The summed E-state index contributed by atoms with van der Waals surface area (Å²) in [5, 5.41) is 0. The quantitative estimate of drug-likeness (QED) is 0.621. The minimum Gasteiger partial charge on any atom is -0.484 e. The van der Waals surface area contributed by atoms with Gasteiger partial charge in [0.2, 0.25) is 0 Å². The van der Waals surface area contributed by atoms with Crippen LogP contribution in [-0.4, -0.2) is 5.60 Å². The van der Waals surface area contributed by atoms with Crippen LogP contribution in [0.3, 0.4) is 0 Å². The normalized spacial score (nSPS) is 10.8. The molecule has 0 fully saturated rings. The van der Waals surface area contributed by atoms with Gasteiger partial charge in [-0.15, -0.1) is 0 Å². The Morgan fingerprint density at radius 1 is 1.25 bits per heavy atom. The molecule has 0 bridgehead atoms. The standard InChI is InChI=1S/C11H14O/c1-4-11(2,3)12-10-8-6-5-7-9-10/h4-9H,1H2,2-3H3. The molecule has 1 aromatic carbocycles. The van der Waals surface area contributed by atoms with E-state index in [0.29, 0.717) is 0 Å². The highest BCUT2D eigenvalue weighted by Crippen LogP contribution is 2.17. The van der Waals surface area contributed by atoms with Crippen molar-refractivity contribution in [1.29, 1.82) is 0 Å². The van der Waals surface area contributed by atoms with E-state index in [1.165, 1.54) is 0 Å². The first kappa shape index (κ1) is 8.85. The van der Waals surface area contributed by atoms with Gasteiger partial charge in [0.25, 0.3) is 0 Å². The second-order valence-corrected chi connectivity index (χ2v) is 3.22. The van der Waals surface area contributed by atoms with Crippen LogP contribution in [0, 0.1) is 0 Å². The topological polar surface area (TPSA) is 9.23 Å². The van der Waals surface area contributed by atoms with Gasteiger partial charge < -0.3 is 4.74 Å². The summed E-state index contributed by atoms with van der Waals surface area (Å²) in [6.45, 7) is 7.66. The van der Waals surface area contributed by atoms with Crippen molar-refractivity contribution >= 4 is 0 Å². The third kappa shape index (κ3) is 2.42. The van der Waals surface area contributed by atoms with Crippen LogP contribution in [0.1, 0.15) is 13.8 Å². The zero-order valence-electron chi connectivity index (χ0n) is 7.58. The molecule has 0 atom stereocenters. The number of hydrogen-bond acceptors (Lipinski definition) is 1. The Labute approximate surface area is 73.7 Å². The second-order valence-electron chi connectivity index (χ2n) is 3.22. The van der Waals surface area contributed by atoms with Gasteiger partial charge in [-0.2, -0.15) is 0 Å². The molecule has 0 radical (unpaired) electrons. The van der Waals surface area contributed by atoms with Crippen LogP contribution in [-0.2, 0) is 0 Å². The van der Waals surface area contributed by atoms with Crippen molar-refractivity contribution in [3.63, 3.8) is 0 Å². The van der Waals surface area contributed by atoms with E-state index in [2.05, 4.69) is 6.58 Å². The minimum absolute atomic E-state index is 0.290. The third-order valence-corrected chi connectivity index (χ3v) is 1.62. The Kier molecular flexibility index (Phi) is 2.54. The Morgan fingerprint density at radius 2 is 1.83 bits per heavy atom. The molecule has 12 heavy (non-hydrogen) atoms. The smallest absolute Gasteiger partial charge is 0.121 e. The molecule has 0 heterocycles. The summed E-state index contributed by atoms with van der Waals surface area (Å²) in [6, 6.07) is 9.74. The molecule has 1 heteroatoms. The van der Waals surface area contributed by atoms with Crippen LogP contribution in [0.2, 0.25) is 0 Å². The molecule has 0 N–H and O–H groups in total. The maximum absolute atomic E-state index is 5.63. The highest BCUT2D eigenvalue weighted by atomic mass is 16.5. The Balaban J connectivity index is 2.70. The van der Waals surface area contributed by atoms with Crippen molar-refractivity contribution in [2.75, 3.05) is 0 Å². The Hall–Kier alpha value is -1.24. The third-order valence-electron chi connectivity index (χ3n) is 1.62. The fourth-order valence-corrected chi connectivity index (χ4v) is 0.834. The number of rotatable bonds is 3. The van der Waals surface area contributed by atoms with E-state index in [0.717, 1.165) is 5.75 Å². The summed E-state index contributed by atoms with van der Waals surface area (Å²) >= 11 is 0. The maximum Gasteiger partial charge on any atom is 0.121 e. The van der Waals surface area contributed by atoms with E-state index in [4.69, 9.17) is 4.74 Å². The zero-order chi connectivity index (χ0) is 9.03. The molecule has 0 amide bonds. The first-order valence-corrected chi connectivity index (χ1v) is 4.02. The fourth-order valence-electron chi connectivity index (χ4n) is 0.834. The summed E-state index contributed by atoms with van der Waals surface area (Å²) in [6.07, 6.45) is 1.79. The predicted molar refractivity (Wildman–Crippen MR) is 51.3 cm³/mol. The van der Waals surface area contributed by atoms with E-state index in [1.807, 2.05) is 44.2 Å². The lowest BCUT2D eigenvalue weighted by atomic mass is 10.1. The largest absolute Gasteiger partial charge is 0.484 e. The van der Waals surface area contributed by atoms with E-state index in [-0.39, 0.29) is 5.60 Å². The Morgan fingerprint density at radius 3 is 2.33 bits per heavy atom. The highest BCUT2D eigenvalue weighted by Gasteiger charge is 2.13. The molecular weight excluding hydrogens is 148 g/mol. The predicted octanol–water partition coefficient (Wildman–Crippen LogP) is 3.03. The van der Waals surface area contributed by atoms with E-state index in [9.17, 15) is 0 Å². The maximum atomic E-state index is 5.63. The Bertz CT molecular complexity index is 249. The highest BCUT2D eigenvalue weighted by molar-refractivity contribution is 5.22. The lowest BCUT2D eigenvalue weighted by Crippen LogP contribution is -2.24. The van der Waals surface area contributed by atoms with Gasteiger partial charge in [0.15, 0.2) is 0 Å². The van der Waals surface area contributed by atoms with Gasteiger partial charge in [-0.3, -0.25) is 0 Å². The molecule has 0 unspecified atom stereocenters. The summed E-state index contributed by atoms with van der Waals surface area (Å²) in [5.41, 5.74) is -0.290. The summed E-state index contributed by atoms with van der Waals surface area (Å²) < 4.78 is 5.63. The van der Waals surface area contributed by atoms with Crippen LogP contribution in [0.5, 0.6) is 5.75 Å². The molecule has 1 aromatic rings. The lowest BCUT2D eigenvalue weighted by Gasteiger charge is -2.22. The molecule has 1 rings (SSSR count). The van der Waals surface area contributed by atoms with Crippen molar-refractivity contribution in [2.45, 2.75) is 19.4 Å². The summed E-state index contributed by atoms with van der Waals surface area (Å²) in [5.74, 6) is 0.877. The number of benzene rings is 1. The molecule has 0 spiro atoms. The van der Waals surface area contributed by atoms with Gasteiger partial charge in [-0.1, -0.05) is 24.8 Å². The molecule has 0 aliphatic heterocycles. The lowest BCUT2D eigenvalue weighted by molar-refractivity contribution is 0.162. The molecular formula is C11H14O. The minimum atomic E-state index is -0.290. The SMILES string of the molecule is C=CC(C)(C)Oc1ccccc1. The number of ether oxygens (including phenoxy) is 1. The average Bonchev–Trinajstić information content (AvgIpc) is 2.06. The van der Waals surface area contributed by atoms with Gasteiger partial charge in [-0.25, -0.2) is 0 Å². The van der Waals surface area contributed by atoms with Gasteiger partial charge >= 0.3 is 0 Å². The van der Waals surface area contributed by atoms with Crippen molar-refractivity contribution in [1.82, 2.24) is 0 Å². The van der Waals surface area contributed by atoms with Crippen molar-refractivity contribution < 1.29 is 4.74 Å². The average molecular weight is 162 g/mol. The van der Waals surface area contributed by atoms with Crippen LogP contribution in [0.25, 0.3) is 0 Å². The molecule has 1 nitrogen and oxygen atoms in total. The van der Waals surface area contributed by atoms with E-state index >= 15 is 0 Å². The number of hydrogen-bond donors (Lipinski definition) is 0. The molecule has 0 aliphatic rings. The second kappa shape index (κ2) is 3.44. The van der Waals surface area contributed by atoms with Crippen molar-refractivity contribution in [3.05, 3.63) is 43.0 Å². The molecule has 0 aliphatic carbocycles. The van der Waals surface area contributed by atoms with Gasteiger partial charge in [0.05, 0.1) is 0 Å². The van der Waals surface area contributed by atoms with E-state index < -0.39 is 0 Å². The monoisotopic (exact) mass is 162 g/mol. The first-order chi connectivity index (χ1) is 5.64. The summed E-state index contributed by atoms with van der Waals surface area (Å²) in [7, 11) is 0. The molecule has 64 valence electrons. The molecule has 0 aromatic heterocycles. The van der Waals surface area contributed by atoms with Gasteiger partial charge in [0, 0.05) is 0 Å². The molecule has 0 saturated heterocycles. The zero-order valence-corrected chi connectivity index (χ0v) is 7.58. The van der Waals surface area contributed by atoms with Gasteiger partial charge in [0.1, 0.15) is 11.4 Å². The van der Waals surface area contributed by atoms with Gasteiger partial charge in [-0.05, 0) is 32.1 Å².